The molecule has 0 N–H and O–H groups in total. The minimum Gasteiger partial charge on any atom is -0.309 e. The Balaban J connectivity index is 1.31. The number of amides is 1. The quantitative estimate of drug-likeness (QED) is 0.534. The molecule has 0 radical (unpaired) electrons. The molecule has 9 heteroatoms. The van der Waals surface area contributed by atoms with E-state index in [0.717, 1.165) is 35.4 Å². The van der Waals surface area contributed by atoms with Gasteiger partial charge in [0.1, 0.15) is 0 Å². The number of hydrogen-bond acceptors (Lipinski definition) is 5. The first-order chi connectivity index (χ1) is 16.3. The summed E-state index contributed by atoms with van der Waals surface area (Å²) in [5, 5.41) is 0. The molecule has 2 aromatic carbocycles. The molecule has 0 aliphatic carbocycles. The Kier molecular flexibility index (Phi) is 6.12. The molecular formula is C25H29N3O4S2. The number of fused-ring (bicyclic) bond motifs is 2. The lowest BCUT2D eigenvalue weighted by molar-refractivity contribution is -0.123. The third-order valence-corrected chi connectivity index (χ3v) is 9.81. The van der Waals surface area contributed by atoms with Crippen molar-refractivity contribution in [3.8, 4) is 0 Å². The van der Waals surface area contributed by atoms with Gasteiger partial charge in [0.15, 0.2) is 0 Å². The van der Waals surface area contributed by atoms with Crippen molar-refractivity contribution >= 4 is 43.2 Å². The molecule has 0 spiro atoms. The Hall–Kier alpha value is -2.49. The van der Waals surface area contributed by atoms with E-state index in [-0.39, 0.29) is 27.6 Å². The summed E-state index contributed by atoms with van der Waals surface area (Å²) in [6.45, 7) is 5.32. The highest BCUT2D eigenvalue weighted by molar-refractivity contribution is 7.89. The molecule has 34 heavy (non-hydrogen) atoms. The predicted molar refractivity (Wildman–Crippen MR) is 135 cm³/mol. The Morgan fingerprint density at radius 3 is 2.59 bits per heavy atom. The van der Waals surface area contributed by atoms with Crippen LogP contribution in [0.4, 0.5) is 5.69 Å². The van der Waals surface area contributed by atoms with Crippen LogP contribution in [-0.2, 0) is 27.8 Å². The molecule has 1 amide bonds. The number of aryl methyl sites for hydroxylation is 1. The van der Waals surface area contributed by atoms with Crippen molar-refractivity contribution in [3.05, 3.63) is 57.7 Å². The van der Waals surface area contributed by atoms with Gasteiger partial charge in [0, 0.05) is 37.3 Å². The second-order valence-electron chi connectivity index (χ2n) is 9.22. The van der Waals surface area contributed by atoms with E-state index in [4.69, 9.17) is 0 Å². The molecule has 1 aromatic heterocycles. The van der Waals surface area contributed by atoms with Crippen LogP contribution in [0.25, 0.3) is 10.2 Å². The Morgan fingerprint density at radius 2 is 1.85 bits per heavy atom. The van der Waals surface area contributed by atoms with Gasteiger partial charge in [-0.1, -0.05) is 36.5 Å². The topological polar surface area (TPSA) is 79.7 Å². The van der Waals surface area contributed by atoms with Crippen molar-refractivity contribution in [2.75, 3.05) is 18.0 Å². The monoisotopic (exact) mass is 499 g/mol. The van der Waals surface area contributed by atoms with Crippen LogP contribution in [-0.4, -0.2) is 42.3 Å². The smallest absolute Gasteiger partial charge is 0.308 e. The number of anilines is 1. The van der Waals surface area contributed by atoms with Gasteiger partial charge in [0.05, 0.1) is 15.1 Å². The number of rotatable bonds is 5. The standard InChI is InChI=1S/C25H29N3O4S2/c1-3-12-27-22-9-8-20(16-23(22)33-25(27)30)34(31,32)26-13-10-18(11-14-26)24(29)28-17(2)15-19-6-4-5-7-21(19)28/h4-9,16-18H,3,10-15H2,1-2H3. The summed E-state index contributed by atoms with van der Waals surface area (Å²) in [5.41, 5.74) is 2.95. The SMILES string of the molecule is CCCn1c(=O)sc2cc(S(=O)(=O)N3CCC(C(=O)N4c5ccccc5CC4C)CC3)ccc21. The molecule has 5 rings (SSSR count). The van der Waals surface area contributed by atoms with Crippen LogP contribution in [0.15, 0.2) is 52.2 Å². The van der Waals surface area contributed by atoms with Gasteiger partial charge in [-0.05, 0) is 62.4 Å². The molecule has 3 heterocycles. The van der Waals surface area contributed by atoms with E-state index in [0.29, 0.717) is 37.2 Å². The number of sulfonamides is 1. The third-order valence-electron chi connectivity index (χ3n) is 6.97. The number of thiazole rings is 1. The second-order valence-corrected chi connectivity index (χ2v) is 12.1. The highest BCUT2D eigenvalue weighted by atomic mass is 32.2. The van der Waals surface area contributed by atoms with Gasteiger partial charge in [-0.15, -0.1) is 0 Å². The Labute approximate surface area is 203 Å². The summed E-state index contributed by atoms with van der Waals surface area (Å²) in [5.74, 6) is -0.0891. The first-order valence-corrected chi connectivity index (χ1v) is 14.1. The molecular weight excluding hydrogens is 470 g/mol. The lowest BCUT2D eigenvalue weighted by Gasteiger charge is -2.34. The summed E-state index contributed by atoms with van der Waals surface area (Å²) < 4.78 is 30.6. The lowest BCUT2D eigenvalue weighted by atomic mass is 9.96. The molecule has 2 aliphatic rings. The fraction of sp³-hybridized carbons (Fsp3) is 0.440. The summed E-state index contributed by atoms with van der Waals surface area (Å²) in [7, 11) is -3.69. The van der Waals surface area contributed by atoms with E-state index in [2.05, 4.69) is 13.0 Å². The molecule has 7 nitrogen and oxygen atoms in total. The van der Waals surface area contributed by atoms with Gasteiger partial charge in [-0.25, -0.2) is 8.42 Å². The minimum atomic E-state index is -3.69. The summed E-state index contributed by atoms with van der Waals surface area (Å²) >= 11 is 1.08. The van der Waals surface area contributed by atoms with Gasteiger partial charge >= 0.3 is 4.87 Å². The van der Waals surface area contributed by atoms with Crippen LogP contribution in [0.5, 0.6) is 0 Å². The molecule has 0 saturated carbocycles. The van der Waals surface area contributed by atoms with E-state index in [1.807, 2.05) is 30.0 Å². The molecule has 2 aliphatic heterocycles. The Morgan fingerprint density at radius 1 is 1.12 bits per heavy atom. The van der Waals surface area contributed by atoms with Crippen LogP contribution < -0.4 is 9.77 Å². The highest BCUT2D eigenvalue weighted by Crippen LogP contribution is 2.35. The third kappa shape index (κ3) is 3.89. The fourth-order valence-corrected chi connectivity index (χ4v) is 7.76. The van der Waals surface area contributed by atoms with E-state index < -0.39 is 10.0 Å². The number of hydrogen-bond donors (Lipinski definition) is 0. The van der Waals surface area contributed by atoms with Gasteiger partial charge in [-0.3, -0.25) is 14.2 Å². The molecule has 1 fully saturated rings. The summed E-state index contributed by atoms with van der Waals surface area (Å²) in [6.07, 6.45) is 2.70. The predicted octanol–water partition coefficient (Wildman–Crippen LogP) is 3.85. The fourth-order valence-electron chi connectivity index (χ4n) is 5.23. The number of benzene rings is 2. The molecule has 3 aromatic rings. The zero-order valence-electron chi connectivity index (χ0n) is 19.4. The first kappa shape index (κ1) is 23.3. The first-order valence-electron chi connectivity index (χ1n) is 11.9. The number of carbonyl (C=O) groups is 1. The highest BCUT2D eigenvalue weighted by Gasteiger charge is 2.38. The number of aromatic nitrogens is 1. The summed E-state index contributed by atoms with van der Waals surface area (Å²) in [4.78, 5) is 27.7. The van der Waals surface area contributed by atoms with Crippen molar-refractivity contribution in [1.82, 2.24) is 8.87 Å². The normalized spacial score (nSPS) is 19.6. The maximum Gasteiger partial charge on any atom is 0.308 e. The molecule has 1 unspecified atom stereocenters. The minimum absolute atomic E-state index is 0.0663. The van der Waals surface area contributed by atoms with Gasteiger partial charge in [0.2, 0.25) is 15.9 Å². The number of piperidine rings is 1. The van der Waals surface area contributed by atoms with Crippen molar-refractivity contribution in [3.63, 3.8) is 0 Å². The average Bonchev–Trinajstić information content (AvgIpc) is 3.33. The van der Waals surface area contributed by atoms with E-state index >= 15 is 0 Å². The van der Waals surface area contributed by atoms with Gasteiger partial charge in [0.25, 0.3) is 0 Å². The van der Waals surface area contributed by atoms with Crippen LogP contribution in [0.1, 0.15) is 38.7 Å². The average molecular weight is 500 g/mol. The van der Waals surface area contributed by atoms with Gasteiger partial charge in [-0.2, -0.15) is 4.31 Å². The van der Waals surface area contributed by atoms with E-state index in [1.165, 1.54) is 9.87 Å². The largest absolute Gasteiger partial charge is 0.309 e. The van der Waals surface area contributed by atoms with Crippen LogP contribution in [0, 0.1) is 5.92 Å². The molecule has 0 bridgehead atoms. The molecule has 180 valence electrons. The van der Waals surface area contributed by atoms with Crippen LogP contribution >= 0.6 is 11.3 Å². The van der Waals surface area contributed by atoms with Crippen molar-refractivity contribution in [2.45, 2.75) is 57.0 Å². The van der Waals surface area contributed by atoms with Crippen molar-refractivity contribution in [1.29, 1.82) is 0 Å². The summed E-state index contributed by atoms with van der Waals surface area (Å²) in [6, 6.07) is 13.1. The lowest BCUT2D eigenvalue weighted by Crippen LogP contribution is -2.46. The van der Waals surface area contributed by atoms with Crippen molar-refractivity contribution in [2.24, 2.45) is 5.92 Å². The second kappa shape index (κ2) is 8.94. The van der Waals surface area contributed by atoms with E-state index in [9.17, 15) is 18.0 Å². The van der Waals surface area contributed by atoms with Crippen LogP contribution in [0.3, 0.4) is 0 Å². The van der Waals surface area contributed by atoms with Gasteiger partial charge < -0.3 is 4.90 Å². The zero-order valence-corrected chi connectivity index (χ0v) is 21.1. The molecule has 1 saturated heterocycles. The number of para-hydroxylation sites is 1. The zero-order chi connectivity index (χ0) is 24.0. The maximum atomic E-state index is 13.4. The number of nitrogens with zero attached hydrogens (tertiary/aromatic N) is 3. The van der Waals surface area contributed by atoms with E-state index in [1.54, 1.807) is 22.8 Å². The molecule has 1 atom stereocenters. The maximum absolute atomic E-state index is 13.4. The van der Waals surface area contributed by atoms with Crippen LogP contribution in [0.2, 0.25) is 0 Å². The van der Waals surface area contributed by atoms with Crippen molar-refractivity contribution < 1.29 is 13.2 Å². The number of carbonyl (C=O) groups excluding carboxylic acids is 1. The Bertz CT molecular complexity index is 1400.